The van der Waals surface area contributed by atoms with Crippen molar-refractivity contribution in [3.8, 4) is 0 Å². The van der Waals surface area contributed by atoms with Crippen molar-refractivity contribution < 1.29 is 14.7 Å². The van der Waals surface area contributed by atoms with E-state index in [1.54, 1.807) is 0 Å². The molecule has 1 amide bonds. The number of nitrogens with one attached hydrogen (secondary N) is 2. The number of hydrogen-bond donors (Lipinski definition) is 3. The molecule has 3 N–H and O–H groups in total. The number of carboxylic acids is 1. The Labute approximate surface area is 102 Å². The maximum atomic E-state index is 11.4. The van der Waals surface area contributed by atoms with Crippen molar-refractivity contribution in [3.05, 3.63) is 0 Å². The van der Waals surface area contributed by atoms with Gasteiger partial charge in [-0.15, -0.1) is 0 Å². The molecule has 0 aliphatic heterocycles. The molecule has 5 heteroatoms. The normalized spacial score (nSPS) is 16.9. The van der Waals surface area contributed by atoms with Crippen molar-refractivity contribution in [2.75, 3.05) is 13.1 Å². The van der Waals surface area contributed by atoms with E-state index in [1.165, 1.54) is 0 Å². The van der Waals surface area contributed by atoms with Crippen LogP contribution in [-0.4, -0.2) is 36.1 Å². The molecular weight excluding hydrogens is 220 g/mol. The molecule has 98 valence electrons. The van der Waals surface area contributed by atoms with Gasteiger partial charge in [-0.05, 0) is 31.1 Å². The maximum absolute atomic E-state index is 11.4. The Hall–Kier alpha value is -1.10. The highest BCUT2D eigenvalue weighted by molar-refractivity contribution is 5.80. The summed E-state index contributed by atoms with van der Waals surface area (Å²) in [6, 6.07) is -0.564. The van der Waals surface area contributed by atoms with Gasteiger partial charge in [0.05, 0.1) is 6.54 Å². The van der Waals surface area contributed by atoms with Crippen LogP contribution in [0.2, 0.25) is 0 Å². The molecule has 1 atom stereocenters. The fourth-order valence-corrected chi connectivity index (χ4v) is 1.65. The Balaban J connectivity index is 2.15. The lowest BCUT2D eigenvalue weighted by atomic mass is 10.1. The van der Waals surface area contributed by atoms with Gasteiger partial charge in [0.1, 0.15) is 6.04 Å². The van der Waals surface area contributed by atoms with Gasteiger partial charge in [0, 0.05) is 6.54 Å². The largest absolute Gasteiger partial charge is 0.480 e. The second-order valence-electron chi connectivity index (χ2n) is 5.07. The molecule has 1 saturated carbocycles. The number of amides is 1. The molecule has 0 aromatic heterocycles. The van der Waals surface area contributed by atoms with Gasteiger partial charge in [-0.25, -0.2) is 0 Å². The molecule has 1 fully saturated rings. The Morgan fingerprint density at radius 3 is 2.47 bits per heavy atom. The third-order valence-electron chi connectivity index (χ3n) is 2.89. The summed E-state index contributed by atoms with van der Waals surface area (Å²) in [4.78, 5) is 22.3. The zero-order valence-corrected chi connectivity index (χ0v) is 10.5. The van der Waals surface area contributed by atoms with E-state index in [0.717, 1.165) is 19.3 Å². The van der Waals surface area contributed by atoms with Crippen molar-refractivity contribution in [2.45, 2.75) is 39.2 Å². The van der Waals surface area contributed by atoms with E-state index in [2.05, 4.69) is 24.5 Å². The Bertz CT molecular complexity index is 275. The third kappa shape index (κ3) is 5.68. The molecule has 0 radical (unpaired) electrons. The van der Waals surface area contributed by atoms with Gasteiger partial charge in [-0.2, -0.15) is 0 Å². The summed E-state index contributed by atoms with van der Waals surface area (Å²) < 4.78 is 0. The second-order valence-corrected chi connectivity index (χ2v) is 5.07. The number of aliphatic carboxylic acids is 1. The van der Waals surface area contributed by atoms with Crippen LogP contribution >= 0.6 is 0 Å². The van der Waals surface area contributed by atoms with E-state index < -0.39 is 12.0 Å². The van der Waals surface area contributed by atoms with Gasteiger partial charge in [-0.1, -0.05) is 13.8 Å². The lowest BCUT2D eigenvalue weighted by Crippen LogP contribution is -2.44. The van der Waals surface area contributed by atoms with E-state index in [4.69, 9.17) is 5.11 Å². The molecular formula is C12H22N2O3. The average Bonchev–Trinajstić information content (AvgIpc) is 3.01. The summed E-state index contributed by atoms with van der Waals surface area (Å²) in [5, 5.41) is 14.5. The van der Waals surface area contributed by atoms with E-state index >= 15 is 0 Å². The zero-order chi connectivity index (χ0) is 12.8. The van der Waals surface area contributed by atoms with Crippen LogP contribution in [0.4, 0.5) is 0 Å². The molecule has 0 saturated heterocycles. The first kappa shape index (κ1) is 14.0. The molecule has 1 unspecified atom stereocenters. The van der Waals surface area contributed by atoms with Crippen molar-refractivity contribution in [3.63, 3.8) is 0 Å². The summed E-state index contributed by atoms with van der Waals surface area (Å²) in [5.41, 5.74) is 0. The fraction of sp³-hybridized carbons (Fsp3) is 0.833. The molecule has 0 bridgehead atoms. The number of carboxylic acid groups (broad SMARTS) is 1. The lowest BCUT2D eigenvalue weighted by Gasteiger charge is -2.13. The Kier molecular flexibility index (Phi) is 5.41. The average molecular weight is 242 g/mol. The van der Waals surface area contributed by atoms with Gasteiger partial charge in [0.15, 0.2) is 0 Å². The molecule has 1 rings (SSSR count). The molecule has 0 spiro atoms. The number of rotatable bonds is 8. The minimum atomic E-state index is -0.859. The van der Waals surface area contributed by atoms with E-state index in [9.17, 15) is 9.59 Å². The van der Waals surface area contributed by atoms with Gasteiger partial charge >= 0.3 is 5.97 Å². The maximum Gasteiger partial charge on any atom is 0.320 e. The summed E-state index contributed by atoms with van der Waals surface area (Å²) in [5.74, 6) is -0.225. The SMILES string of the molecule is CC(C)CCNC(=O)CNC(C(=O)O)C1CC1. The Morgan fingerprint density at radius 2 is 2.00 bits per heavy atom. The summed E-state index contributed by atoms with van der Waals surface area (Å²) in [7, 11) is 0. The van der Waals surface area contributed by atoms with Gasteiger partial charge in [0.2, 0.25) is 5.91 Å². The van der Waals surface area contributed by atoms with Crippen molar-refractivity contribution >= 4 is 11.9 Å². The van der Waals surface area contributed by atoms with Crippen LogP contribution in [0.15, 0.2) is 0 Å². The predicted octanol–water partition coefficient (Wildman–Crippen LogP) is 0.601. The summed E-state index contributed by atoms with van der Waals surface area (Å²) in [6.45, 7) is 4.93. The smallest absolute Gasteiger partial charge is 0.320 e. The molecule has 0 aromatic carbocycles. The zero-order valence-electron chi connectivity index (χ0n) is 10.5. The molecule has 0 heterocycles. The monoisotopic (exact) mass is 242 g/mol. The molecule has 17 heavy (non-hydrogen) atoms. The standard InChI is InChI=1S/C12H22N2O3/c1-8(2)5-6-13-10(15)7-14-11(12(16)17)9-3-4-9/h8-9,11,14H,3-7H2,1-2H3,(H,13,15)(H,16,17). The number of carbonyl (C=O) groups is 2. The first-order valence-corrected chi connectivity index (χ1v) is 6.23. The van der Waals surface area contributed by atoms with E-state index in [1.807, 2.05) is 0 Å². The van der Waals surface area contributed by atoms with Crippen LogP contribution < -0.4 is 10.6 Å². The Morgan fingerprint density at radius 1 is 1.35 bits per heavy atom. The highest BCUT2D eigenvalue weighted by Crippen LogP contribution is 2.32. The minimum Gasteiger partial charge on any atom is -0.480 e. The number of carbonyl (C=O) groups excluding carboxylic acids is 1. The van der Waals surface area contributed by atoms with Crippen molar-refractivity contribution in [1.29, 1.82) is 0 Å². The topological polar surface area (TPSA) is 78.4 Å². The van der Waals surface area contributed by atoms with Crippen LogP contribution in [0.5, 0.6) is 0 Å². The minimum absolute atomic E-state index is 0.0889. The van der Waals surface area contributed by atoms with Gasteiger partial charge in [-0.3, -0.25) is 14.9 Å². The third-order valence-corrected chi connectivity index (χ3v) is 2.89. The first-order valence-electron chi connectivity index (χ1n) is 6.23. The molecule has 1 aliphatic rings. The van der Waals surface area contributed by atoms with Crippen LogP contribution in [0, 0.1) is 11.8 Å². The lowest BCUT2D eigenvalue weighted by molar-refractivity contribution is -0.140. The van der Waals surface area contributed by atoms with E-state index in [-0.39, 0.29) is 18.4 Å². The van der Waals surface area contributed by atoms with Crippen LogP contribution in [0.1, 0.15) is 33.1 Å². The summed E-state index contributed by atoms with van der Waals surface area (Å²) in [6.07, 6.45) is 2.83. The van der Waals surface area contributed by atoms with Crippen molar-refractivity contribution in [1.82, 2.24) is 10.6 Å². The van der Waals surface area contributed by atoms with Gasteiger partial charge < -0.3 is 10.4 Å². The van der Waals surface area contributed by atoms with Crippen LogP contribution in [0.3, 0.4) is 0 Å². The van der Waals surface area contributed by atoms with Crippen LogP contribution in [-0.2, 0) is 9.59 Å². The fourth-order valence-electron chi connectivity index (χ4n) is 1.65. The molecule has 1 aliphatic carbocycles. The quantitative estimate of drug-likeness (QED) is 0.582. The van der Waals surface area contributed by atoms with Gasteiger partial charge in [0.25, 0.3) is 0 Å². The van der Waals surface area contributed by atoms with Crippen LogP contribution in [0.25, 0.3) is 0 Å². The summed E-state index contributed by atoms with van der Waals surface area (Å²) >= 11 is 0. The van der Waals surface area contributed by atoms with E-state index in [0.29, 0.717) is 12.5 Å². The molecule has 0 aromatic rings. The molecule has 5 nitrogen and oxygen atoms in total. The number of hydrogen-bond acceptors (Lipinski definition) is 3. The second kappa shape index (κ2) is 6.59. The highest BCUT2D eigenvalue weighted by Gasteiger charge is 2.35. The van der Waals surface area contributed by atoms with Crippen molar-refractivity contribution in [2.24, 2.45) is 11.8 Å². The predicted molar refractivity (Wildman–Crippen MR) is 64.6 cm³/mol. The first-order chi connectivity index (χ1) is 8.00. The highest BCUT2D eigenvalue weighted by atomic mass is 16.4.